The number of amides is 2. The van der Waals surface area contributed by atoms with Gasteiger partial charge in [-0.25, -0.2) is 4.79 Å². The topological polar surface area (TPSA) is 54.3 Å². The number of quaternary nitrogens is 1. The van der Waals surface area contributed by atoms with Crippen molar-refractivity contribution in [3.8, 4) is 0 Å². The molecule has 1 N–H and O–H groups in total. The zero-order valence-electron chi connectivity index (χ0n) is 14.4. The lowest BCUT2D eigenvalue weighted by Gasteiger charge is -2.36. The minimum atomic E-state index is -0.466. The normalized spacial score (nSPS) is 21.8. The molecule has 2 heterocycles. The van der Waals surface area contributed by atoms with Crippen molar-refractivity contribution >= 4 is 12.0 Å². The fourth-order valence-corrected chi connectivity index (χ4v) is 3.00. The van der Waals surface area contributed by atoms with Crippen LogP contribution in [0.5, 0.6) is 0 Å². The summed E-state index contributed by atoms with van der Waals surface area (Å²) in [7, 11) is 2.17. The Hall–Kier alpha value is -1.30. The number of nitrogens with one attached hydrogen (secondary N) is 1. The van der Waals surface area contributed by atoms with Gasteiger partial charge in [0.25, 0.3) is 0 Å². The highest BCUT2D eigenvalue weighted by molar-refractivity contribution is 5.79. The standard InChI is InChI=1S/C16H29N3O3/c1-16(2,3)22-15(21)19-7-5-13(6-8-19)14(20)18-11-9-17(4)10-12-18/h13H,5-12H2,1-4H3/p+1. The molecule has 126 valence electrons. The van der Waals surface area contributed by atoms with Gasteiger partial charge in [-0.05, 0) is 33.6 Å². The molecule has 2 saturated heterocycles. The van der Waals surface area contributed by atoms with Crippen LogP contribution in [0.25, 0.3) is 0 Å². The molecule has 0 saturated carbocycles. The Morgan fingerprint density at radius 2 is 1.55 bits per heavy atom. The Morgan fingerprint density at radius 3 is 2.05 bits per heavy atom. The van der Waals surface area contributed by atoms with Crippen molar-refractivity contribution in [3.05, 3.63) is 0 Å². The first kappa shape index (κ1) is 17.1. The fourth-order valence-electron chi connectivity index (χ4n) is 3.00. The van der Waals surface area contributed by atoms with E-state index in [1.54, 1.807) is 4.90 Å². The maximum atomic E-state index is 12.5. The Bertz CT molecular complexity index is 403. The van der Waals surface area contributed by atoms with Gasteiger partial charge in [0.1, 0.15) is 5.60 Å². The maximum Gasteiger partial charge on any atom is 0.410 e. The van der Waals surface area contributed by atoms with Crippen LogP contribution in [0.2, 0.25) is 0 Å². The van der Waals surface area contributed by atoms with Gasteiger partial charge in [0.2, 0.25) is 5.91 Å². The number of likely N-dealkylation sites (N-methyl/N-ethyl adjacent to an activating group) is 1. The monoisotopic (exact) mass is 312 g/mol. The van der Waals surface area contributed by atoms with E-state index in [-0.39, 0.29) is 17.9 Å². The minimum absolute atomic E-state index is 0.0668. The second-order valence-electron chi connectivity index (χ2n) is 7.52. The predicted molar refractivity (Wildman–Crippen MR) is 83.7 cm³/mol. The van der Waals surface area contributed by atoms with E-state index in [0.29, 0.717) is 13.1 Å². The van der Waals surface area contributed by atoms with Crippen molar-refractivity contribution < 1.29 is 19.2 Å². The Morgan fingerprint density at radius 1 is 1.00 bits per heavy atom. The highest BCUT2D eigenvalue weighted by Crippen LogP contribution is 2.21. The summed E-state index contributed by atoms with van der Waals surface area (Å²) in [4.78, 5) is 29.8. The lowest BCUT2D eigenvalue weighted by molar-refractivity contribution is -0.883. The number of piperazine rings is 1. The van der Waals surface area contributed by atoms with Crippen molar-refractivity contribution in [2.75, 3.05) is 46.3 Å². The van der Waals surface area contributed by atoms with Crippen molar-refractivity contribution in [2.24, 2.45) is 5.92 Å². The zero-order chi connectivity index (χ0) is 16.3. The molecule has 2 aliphatic heterocycles. The summed E-state index contributed by atoms with van der Waals surface area (Å²) in [6, 6.07) is 0. The van der Waals surface area contributed by atoms with Crippen molar-refractivity contribution in [2.45, 2.75) is 39.2 Å². The molecule has 6 heteroatoms. The summed E-state index contributed by atoms with van der Waals surface area (Å²) in [6.07, 6.45) is 1.23. The lowest BCUT2D eigenvalue weighted by Crippen LogP contribution is -3.12. The molecule has 2 fully saturated rings. The smallest absolute Gasteiger partial charge is 0.410 e. The van der Waals surface area contributed by atoms with E-state index in [0.717, 1.165) is 39.0 Å². The average Bonchev–Trinajstić information content (AvgIpc) is 2.46. The van der Waals surface area contributed by atoms with Crippen LogP contribution in [0.3, 0.4) is 0 Å². The molecular weight excluding hydrogens is 282 g/mol. The van der Waals surface area contributed by atoms with Crippen LogP contribution in [0.1, 0.15) is 33.6 Å². The number of carbonyl (C=O) groups is 2. The number of ether oxygens (including phenoxy) is 1. The zero-order valence-corrected chi connectivity index (χ0v) is 14.4. The summed E-state index contributed by atoms with van der Waals surface area (Å²) >= 11 is 0. The number of carbonyl (C=O) groups excluding carboxylic acids is 2. The first-order chi connectivity index (χ1) is 10.3. The number of rotatable bonds is 1. The number of hydrogen-bond donors (Lipinski definition) is 1. The number of nitrogens with zero attached hydrogens (tertiary/aromatic N) is 2. The molecule has 2 rings (SSSR count). The van der Waals surface area contributed by atoms with Crippen LogP contribution in [-0.4, -0.2) is 73.7 Å². The molecule has 0 spiro atoms. The second-order valence-corrected chi connectivity index (χ2v) is 7.52. The molecule has 22 heavy (non-hydrogen) atoms. The molecule has 0 bridgehead atoms. The van der Waals surface area contributed by atoms with Crippen LogP contribution in [0, 0.1) is 5.92 Å². The highest BCUT2D eigenvalue weighted by atomic mass is 16.6. The molecule has 2 amide bonds. The molecule has 0 aromatic heterocycles. The van der Waals surface area contributed by atoms with Gasteiger partial charge in [0.05, 0.1) is 33.2 Å². The van der Waals surface area contributed by atoms with Crippen LogP contribution in [-0.2, 0) is 9.53 Å². The SMILES string of the molecule is C[NH+]1CCN(C(=O)C2CCN(C(=O)OC(C)(C)C)CC2)CC1. The third-order valence-electron chi connectivity index (χ3n) is 4.42. The quantitative estimate of drug-likeness (QED) is 0.741. The first-order valence-corrected chi connectivity index (χ1v) is 8.34. The van der Waals surface area contributed by atoms with E-state index in [1.807, 2.05) is 25.7 Å². The fraction of sp³-hybridized carbons (Fsp3) is 0.875. The van der Waals surface area contributed by atoms with Crippen LogP contribution in [0.15, 0.2) is 0 Å². The summed E-state index contributed by atoms with van der Waals surface area (Å²) in [5, 5.41) is 0. The molecule has 0 radical (unpaired) electrons. The third-order valence-corrected chi connectivity index (χ3v) is 4.42. The van der Waals surface area contributed by atoms with E-state index in [9.17, 15) is 9.59 Å². The molecule has 0 aliphatic carbocycles. The first-order valence-electron chi connectivity index (χ1n) is 8.34. The lowest BCUT2D eigenvalue weighted by atomic mass is 9.95. The Kier molecular flexibility index (Phi) is 5.32. The Labute approximate surface area is 133 Å². The summed E-state index contributed by atoms with van der Waals surface area (Å²) in [5.41, 5.74) is -0.466. The average molecular weight is 312 g/mol. The molecule has 0 aromatic rings. The summed E-state index contributed by atoms with van der Waals surface area (Å²) in [5.74, 6) is 0.341. The number of likely N-dealkylation sites (tertiary alicyclic amines) is 1. The van der Waals surface area contributed by atoms with E-state index in [2.05, 4.69) is 7.05 Å². The van der Waals surface area contributed by atoms with Gasteiger partial charge in [-0.2, -0.15) is 0 Å². The minimum Gasteiger partial charge on any atom is -0.444 e. The summed E-state index contributed by atoms with van der Waals surface area (Å²) < 4.78 is 5.39. The molecular formula is C16H30N3O3+. The van der Waals surface area contributed by atoms with E-state index < -0.39 is 5.60 Å². The highest BCUT2D eigenvalue weighted by Gasteiger charge is 2.33. The van der Waals surface area contributed by atoms with E-state index >= 15 is 0 Å². The van der Waals surface area contributed by atoms with E-state index in [4.69, 9.17) is 4.74 Å². The molecule has 0 unspecified atom stereocenters. The number of piperidine rings is 1. The van der Waals surface area contributed by atoms with Crippen molar-refractivity contribution in [1.82, 2.24) is 9.80 Å². The van der Waals surface area contributed by atoms with Crippen LogP contribution >= 0.6 is 0 Å². The Balaban J connectivity index is 1.79. The van der Waals surface area contributed by atoms with Crippen molar-refractivity contribution in [1.29, 1.82) is 0 Å². The third kappa shape index (κ3) is 4.60. The second kappa shape index (κ2) is 6.86. The largest absolute Gasteiger partial charge is 0.444 e. The van der Waals surface area contributed by atoms with Crippen LogP contribution < -0.4 is 4.90 Å². The van der Waals surface area contributed by atoms with Crippen molar-refractivity contribution in [3.63, 3.8) is 0 Å². The molecule has 0 aromatic carbocycles. The van der Waals surface area contributed by atoms with Crippen LogP contribution in [0.4, 0.5) is 4.79 Å². The number of hydrogen-bond acceptors (Lipinski definition) is 3. The van der Waals surface area contributed by atoms with E-state index in [1.165, 1.54) is 4.90 Å². The van der Waals surface area contributed by atoms with Gasteiger partial charge in [-0.3, -0.25) is 4.79 Å². The van der Waals surface area contributed by atoms with Gasteiger partial charge >= 0.3 is 6.09 Å². The molecule has 2 aliphatic rings. The van der Waals surface area contributed by atoms with Gasteiger partial charge in [0, 0.05) is 19.0 Å². The predicted octanol–water partition coefficient (Wildman–Crippen LogP) is -0.00960. The van der Waals surface area contributed by atoms with Gasteiger partial charge in [-0.15, -0.1) is 0 Å². The summed E-state index contributed by atoms with van der Waals surface area (Å²) in [6.45, 7) is 10.6. The molecule has 6 nitrogen and oxygen atoms in total. The maximum absolute atomic E-state index is 12.5. The van der Waals surface area contributed by atoms with Gasteiger partial charge in [0.15, 0.2) is 0 Å². The van der Waals surface area contributed by atoms with Gasteiger partial charge in [-0.1, -0.05) is 0 Å². The molecule has 0 atom stereocenters. The van der Waals surface area contributed by atoms with Gasteiger partial charge < -0.3 is 19.4 Å².